The van der Waals surface area contributed by atoms with Crippen LogP contribution in [0.2, 0.25) is 0 Å². The zero-order valence-corrected chi connectivity index (χ0v) is 10.6. The Balaban J connectivity index is 2.04. The second-order valence-corrected chi connectivity index (χ2v) is 4.59. The maximum atomic E-state index is 12.2. The van der Waals surface area contributed by atoms with Crippen molar-refractivity contribution in [2.75, 3.05) is 39.4 Å². The fraction of sp³-hybridized carbons (Fsp3) is 1.00. The third-order valence-electron chi connectivity index (χ3n) is 2.91. The SMILES string of the molecule is FC(F)COCCNC1CCN(CC(F)(F)F)CC1. The summed E-state index contributed by atoms with van der Waals surface area (Å²) in [4.78, 5) is 1.38. The topological polar surface area (TPSA) is 24.5 Å². The maximum absolute atomic E-state index is 12.2. The largest absolute Gasteiger partial charge is 0.401 e. The molecule has 19 heavy (non-hydrogen) atoms. The first-order chi connectivity index (χ1) is 8.87. The lowest BCUT2D eigenvalue weighted by Gasteiger charge is -2.32. The molecule has 8 heteroatoms. The Hall–Kier alpha value is -0.470. The van der Waals surface area contributed by atoms with Crippen LogP contribution in [0.25, 0.3) is 0 Å². The van der Waals surface area contributed by atoms with Crippen molar-refractivity contribution in [2.45, 2.75) is 31.5 Å². The summed E-state index contributed by atoms with van der Waals surface area (Å²) in [6.07, 6.45) is -5.36. The number of hydrogen-bond acceptors (Lipinski definition) is 3. The van der Waals surface area contributed by atoms with E-state index in [0.29, 0.717) is 32.5 Å². The molecule has 114 valence electrons. The molecule has 0 atom stereocenters. The first kappa shape index (κ1) is 16.6. The van der Waals surface area contributed by atoms with E-state index in [-0.39, 0.29) is 12.6 Å². The molecule has 1 heterocycles. The fourth-order valence-corrected chi connectivity index (χ4v) is 2.06. The minimum absolute atomic E-state index is 0.139. The average Bonchev–Trinajstić information content (AvgIpc) is 2.28. The van der Waals surface area contributed by atoms with Gasteiger partial charge in [-0.3, -0.25) is 4.90 Å². The first-order valence-electron chi connectivity index (χ1n) is 6.25. The van der Waals surface area contributed by atoms with E-state index in [4.69, 9.17) is 4.74 Å². The number of rotatable bonds is 7. The van der Waals surface area contributed by atoms with Gasteiger partial charge in [-0.1, -0.05) is 0 Å². The van der Waals surface area contributed by atoms with Crippen LogP contribution in [-0.2, 0) is 4.74 Å². The molecule has 0 amide bonds. The Morgan fingerprint density at radius 1 is 1.21 bits per heavy atom. The molecule has 1 rings (SSSR count). The van der Waals surface area contributed by atoms with Gasteiger partial charge in [0.1, 0.15) is 6.61 Å². The van der Waals surface area contributed by atoms with Gasteiger partial charge in [0.05, 0.1) is 13.2 Å². The van der Waals surface area contributed by atoms with Crippen LogP contribution in [0, 0.1) is 0 Å². The van der Waals surface area contributed by atoms with Crippen molar-refractivity contribution < 1.29 is 26.7 Å². The summed E-state index contributed by atoms with van der Waals surface area (Å²) >= 11 is 0. The van der Waals surface area contributed by atoms with E-state index in [1.54, 1.807) is 0 Å². The quantitative estimate of drug-likeness (QED) is 0.572. The second kappa shape index (κ2) is 7.96. The molecule has 0 aromatic rings. The van der Waals surface area contributed by atoms with Crippen LogP contribution in [-0.4, -0.2) is 62.9 Å². The zero-order valence-electron chi connectivity index (χ0n) is 10.6. The van der Waals surface area contributed by atoms with Crippen molar-refractivity contribution in [3.05, 3.63) is 0 Å². The molecule has 0 unspecified atom stereocenters. The Morgan fingerprint density at radius 2 is 1.84 bits per heavy atom. The summed E-state index contributed by atoms with van der Waals surface area (Å²) in [5, 5.41) is 3.10. The highest BCUT2D eigenvalue weighted by Crippen LogP contribution is 2.19. The highest BCUT2D eigenvalue weighted by atomic mass is 19.4. The molecular weight excluding hydrogens is 271 g/mol. The number of halogens is 5. The molecule has 0 bridgehead atoms. The summed E-state index contributed by atoms with van der Waals surface area (Å²) < 4.78 is 64.7. The Morgan fingerprint density at radius 3 is 2.37 bits per heavy atom. The average molecular weight is 290 g/mol. The Labute approximate surface area is 109 Å². The molecule has 1 aliphatic rings. The van der Waals surface area contributed by atoms with Crippen molar-refractivity contribution in [2.24, 2.45) is 0 Å². The van der Waals surface area contributed by atoms with E-state index >= 15 is 0 Å². The van der Waals surface area contributed by atoms with E-state index in [0.717, 1.165) is 0 Å². The van der Waals surface area contributed by atoms with Gasteiger partial charge in [0.25, 0.3) is 6.43 Å². The number of hydrogen-bond donors (Lipinski definition) is 1. The molecule has 1 fully saturated rings. The van der Waals surface area contributed by atoms with Crippen molar-refractivity contribution in [1.82, 2.24) is 10.2 Å². The van der Waals surface area contributed by atoms with Gasteiger partial charge in [0, 0.05) is 12.6 Å². The van der Waals surface area contributed by atoms with Crippen molar-refractivity contribution >= 4 is 0 Å². The van der Waals surface area contributed by atoms with Crippen LogP contribution in [0.4, 0.5) is 22.0 Å². The van der Waals surface area contributed by atoms with Gasteiger partial charge in [0.15, 0.2) is 0 Å². The number of piperidine rings is 1. The lowest BCUT2D eigenvalue weighted by atomic mass is 10.1. The van der Waals surface area contributed by atoms with Crippen LogP contribution in [0.1, 0.15) is 12.8 Å². The number of alkyl halides is 5. The smallest absolute Gasteiger partial charge is 0.374 e. The van der Waals surface area contributed by atoms with Crippen LogP contribution in [0.3, 0.4) is 0 Å². The van der Waals surface area contributed by atoms with Gasteiger partial charge >= 0.3 is 6.18 Å². The molecule has 0 saturated carbocycles. The molecule has 3 nitrogen and oxygen atoms in total. The monoisotopic (exact) mass is 290 g/mol. The zero-order chi connectivity index (χ0) is 14.3. The van der Waals surface area contributed by atoms with E-state index in [1.807, 2.05) is 0 Å². The van der Waals surface area contributed by atoms with Gasteiger partial charge < -0.3 is 10.1 Å². The van der Waals surface area contributed by atoms with Crippen molar-refractivity contribution in [1.29, 1.82) is 0 Å². The normalized spacial score (nSPS) is 19.3. The molecule has 1 saturated heterocycles. The number of nitrogens with zero attached hydrogens (tertiary/aromatic N) is 1. The van der Waals surface area contributed by atoms with Crippen LogP contribution in [0.5, 0.6) is 0 Å². The van der Waals surface area contributed by atoms with Crippen LogP contribution < -0.4 is 5.32 Å². The molecule has 0 aromatic heterocycles. The predicted octanol–water partition coefficient (Wildman–Crippen LogP) is 1.88. The summed E-state index contributed by atoms with van der Waals surface area (Å²) in [5.74, 6) is 0. The molecule has 1 N–H and O–H groups in total. The maximum Gasteiger partial charge on any atom is 0.401 e. The van der Waals surface area contributed by atoms with Gasteiger partial charge in [-0.25, -0.2) is 8.78 Å². The molecule has 0 radical (unpaired) electrons. The number of ether oxygens (including phenoxy) is 1. The summed E-state index contributed by atoms with van der Waals surface area (Å²) in [5.41, 5.74) is 0. The molecular formula is C11H19F5N2O. The van der Waals surface area contributed by atoms with Crippen molar-refractivity contribution in [3.8, 4) is 0 Å². The molecule has 0 spiro atoms. The first-order valence-corrected chi connectivity index (χ1v) is 6.25. The Kier molecular flexibility index (Phi) is 6.95. The minimum atomic E-state index is -4.15. The Bertz CT molecular complexity index is 242. The highest BCUT2D eigenvalue weighted by Gasteiger charge is 2.32. The molecule has 0 aromatic carbocycles. The fourth-order valence-electron chi connectivity index (χ4n) is 2.06. The third-order valence-corrected chi connectivity index (χ3v) is 2.91. The molecule has 1 aliphatic heterocycles. The standard InChI is InChI=1S/C11H19F5N2O/c12-10(13)7-19-6-3-17-9-1-4-18(5-2-9)8-11(14,15)16/h9-10,17H,1-8H2. The van der Waals surface area contributed by atoms with E-state index in [9.17, 15) is 22.0 Å². The van der Waals surface area contributed by atoms with Gasteiger partial charge in [0.2, 0.25) is 0 Å². The second-order valence-electron chi connectivity index (χ2n) is 4.59. The predicted molar refractivity (Wildman–Crippen MR) is 60.3 cm³/mol. The number of likely N-dealkylation sites (tertiary alicyclic amines) is 1. The van der Waals surface area contributed by atoms with Gasteiger partial charge in [-0.2, -0.15) is 13.2 Å². The van der Waals surface area contributed by atoms with Crippen LogP contribution >= 0.6 is 0 Å². The van der Waals surface area contributed by atoms with Gasteiger partial charge in [-0.15, -0.1) is 0 Å². The summed E-state index contributed by atoms with van der Waals surface area (Å²) in [7, 11) is 0. The van der Waals surface area contributed by atoms with Crippen molar-refractivity contribution in [3.63, 3.8) is 0 Å². The third kappa shape index (κ3) is 8.33. The summed E-state index contributed by atoms with van der Waals surface area (Å²) in [6, 6.07) is 0.139. The van der Waals surface area contributed by atoms with E-state index < -0.39 is 25.8 Å². The highest BCUT2D eigenvalue weighted by molar-refractivity contribution is 4.78. The lowest BCUT2D eigenvalue weighted by molar-refractivity contribution is -0.148. The van der Waals surface area contributed by atoms with E-state index in [2.05, 4.69) is 5.32 Å². The number of nitrogens with one attached hydrogen (secondary N) is 1. The summed E-state index contributed by atoms with van der Waals surface area (Å²) in [6.45, 7) is -0.0170. The minimum Gasteiger partial charge on any atom is -0.374 e. The lowest BCUT2D eigenvalue weighted by Crippen LogP contribution is -2.46. The van der Waals surface area contributed by atoms with E-state index in [1.165, 1.54) is 4.90 Å². The van der Waals surface area contributed by atoms with Gasteiger partial charge in [-0.05, 0) is 25.9 Å². The van der Waals surface area contributed by atoms with Crippen LogP contribution in [0.15, 0.2) is 0 Å². The molecule has 0 aliphatic carbocycles.